The number of nitrogens with zero attached hydrogens (tertiary/aromatic N) is 11. The summed E-state index contributed by atoms with van der Waals surface area (Å²) < 4.78 is 9.02. The van der Waals surface area contributed by atoms with Crippen LogP contribution in [0.3, 0.4) is 0 Å². The number of ether oxygens (including phenoxy) is 1. The summed E-state index contributed by atoms with van der Waals surface area (Å²) in [5, 5.41) is 21.0. The van der Waals surface area contributed by atoms with Crippen LogP contribution >= 0.6 is 0 Å². The van der Waals surface area contributed by atoms with E-state index < -0.39 is 0 Å². The largest absolute Gasteiger partial charge is 0.378 e. The summed E-state index contributed by atoms with van der Waals surface area (Å²) in [5.74, 6) is -0.205. The average molecular weight is 715 g/mol. The van der Waals surface area contributed by atoms with Crippen molar-refractivity contribution in [1.82, 2.24) is 43.8 Å². The molecule has 0 bridgehead atoms. The number of hydrogen-bond donors (Lipinski definition) is 1. The van der Waals surface area contributed by atoms with Crippen LogP contribution in [0.15, 0.2) is 67.4 Å². The number of likely N-dealkylation sites (tertiary alicyclic amines) is 2. The molecule has 0 saturated carbocycles. The second-order valence-corrected chi connectivity index (χ2v) is 13.4. The molecule has 0 spiro atoms. The minimum Gasteiger partial charge on any atom is -0.378 e. The minimum absolute atomic E-state index is 0.00493. The first-order valence-electron chi connectivity index (χ1n) is 18.0. The highest BCUT2D eigenvalue weighted by Gasteiger charge is 2.31. The lowest BCUT2D eigenvalue weighted by atomic mass is 10.1. The number of imidazole rings is 2. The number of aromatic nitrogens is 5. The number of carbonyl (C=O) groups is 2. The molecule has 1 N–H and O–H groups in total. The van der Waals surface area contributed by atoms with Gasteiger partial charge in [-0.25, -0.2) is 9.97 Å². The molecule has 15 heteroatoms. The Balaban J connectivity index is 0.000000165. The molecule has 272 valence electrons. The van der Waals surface area contributed by atoms with Gasteiger partial charge in [-0.3, -0.25) is 23.4 Å². The van der Waals surface area contributed by atoms with Crippen molar-refractivity contribution in [2.24, 2.45) is 0 Å². The third-order valence-corrected chi connectivity index (χ3v) is 10.1. The molecule has 0 radical (unpaired) electrons. The molecule has 3 fully saturated rings. The van der Waals surface area contributed by atoms with Crippen molar-refractivity contribution in [3.63, 3.8) is 0 Å². The third-order valence-electron chi connectivity index (χ3n) is 10.1. The van der Waals surface area contributed by atoms with Crippen molar-refractivity contribution >= 4 is 28.8 Å². The van der Waals surface area contributed by atoms with Crippen molar-refractivity contribution in [3.05, 3.63) is 84.5 Å². The molecule has 3 aliphatic heterocycles. The average Bonchev–Trinajstić information content (AvgIpc) is 4.02. The summed E-state index contributed by atoms with van der Waals surface area (Å²) in [6.07, 6.45) is 14.7. The molecule has 8 heterocycles. The van der Waals surface area contributed by atoms with E-state index in [9.17, 15) is 9.59 Å². The van der Waals surface area contributed by atoms with Gasteiger partial charge in [0, 0.05) is 87.9 Å². The molecule has 53 heavy (non-hydrogen) atoms. The molecule has 3 aliphatic rings. The van der Waals surface area contributed by atoms with Gasteiger partial charge in [-0.1, -0.05) is 0 Å². The first-order valence-corrected chi connectivity index (χ1v) is 18.0. The Labute approximate surface area is 307 Å². The smallest absolute Gasteiger partial charge is 0.272 e. The van der Waals surface area contributed by atoms with Crippen LogP contribution in [0.2, 0.25) is 0 Å². The van der Waals surface area contributed by atoms with E-state index in [0.29, 0.717) is 44.1 Å². The number of likely N-dealkylation sites (N-methyl/N-ethyl adjacent to an activating group) is 1. The Kier molecular flexibility index (Phi) is 10.4. The fourth-order valence-electron chi connectivity index (χ4n) is 7.23. The Morgan fingerprint density at radius 3 is 2.26 bits per heavy atom. The zero-order valence-electron chi connectivity index (χ0n) is 29.9. The van der Waals surface area contributed by atoms with Gasteiger partial charge in [0.2, 0.25) is 0 Å². The van der Waals surface area contributed by atoms with Gasteiger partial charge in [0.25, 0.3) is 11.8 Å². The molecule has 3 saturated heterocycles. The number of amides is 2. The highest BCUT2D eigenvalue weighted by molar-refractivity contribution is 5.94. The van der Waals surface area contributed by atoms with Crippen molar-refractivity contribution in [3.8, 4) is 23.5 Å². The molecule has 5 aromatic heterocycles. The summed E-state index contributed by atoms with van der Waals surface area (Å²) >= 11 is 0. The lowest BCUT2D eigenvalue weighted by molar-refractivity contribution is 0.0691. The standard InChI is InChI=1S/C21H22N6O.C17H20N6O2/c1-3-26(18-6-8-25(13-18)14-22)21(28)19-12-24-20-11-17(5-9-27(19)20)16-4-7-23-15(2)10-16;18-12-21-3-1-13(11-21)20-17(24)15-10-19-16-9-14(2-4-23(15)16)22-5-7-25-8-6-22/h4-5,7,9-12,18H,3,6,8,13H2,1-2H3;2,4,9-10,13H,1,3,5-8,11H2,(H,20,24)/t18-;13-/m11/s1. The van der Waals surface area contributed by atoms with Gasteiger partial charge in [-0.05, 0) is 68.1 Å². The van der Waals surface area contributed by atoms with E-state index in [-0.39, 0.29) is 23.9 Å². The Morgan fingerprint density at radius 2 is 1.55 bits per heavy atom. The number of pyridine rings is 3. The van der Waals surface area contributed by atoms with Gasteiger partial charge in [0.05, 0.1) is 31.6 Å². The number of rotatable bonds is 7. The Morgan fingerprint density at radius 1 is 0.868 bits per heavy atom. The predicted molar refractivity (Wildman–Crippen MR) is 197 cm³/mol. The van der Waals surface area contributed by atoms with E-state index in [1.807, 2.05) is 71.9 Å². The zero-order valence-corrected chi connectivity index (χ0v) is 29.9. The predicted octanol–water partition coefficient (Wildman–Crippen LogP) is 3.18. The van der Waals surface area contributed by atoms with E-state index >= 15 is 0 Å². The molecule has 15 nitrogen and oxygen atoms in total. The minimum atomic E-state index is -0.156. The highest BCUT2D eigenvalue weighted by Crippen LogP contribution is 2.24. The summed E-state index contributed by atoms with van der Waals surface area (Å²) in [5.41, 5.74) is 6.70. The van der Waals surface area contributed by atoms with E-state index in [4.69, 9.17) is 15.3 Å². The lowest BCUT2D eigenvalue weighted by Crippen LogP contribution is -2.42. The van der Waals surface area contributed by atoms with Gasteiger partial charge in [-0.2, -0.15) is 10.5 Å². The number of carbonyl (C=O) groups excluding carboxylic acids is 2. The fourth-order valence-corrected chi connectivity index (χ4v) is 7.23. The number of anilines is 1. The summed E-state index contributed by atoms with van der Waals surface area (Å²) in [6.45, 7) is 10.3. The van der Waals surface area contributed by atoms with Gasteiger partial charge in [-0.15, -0.1) is 0 Å². The zero-order chi connectivity index (χ0) is 36.9. The lowest BCUT2D eigenvalue weighted by Gasteiger charge is -2.28. The van der Waals surface area contributed by atoms with E-state index in [1.54, 1.807) is 32.8 Å². The van der Waals surface area contributed by atoms with Crippen molar-refractivity contribution in [1.29, 1.82) is 10.5 Å². The number of morpholine rings is 1. The van der Waals surface area contributed by atoms with Gasteiger partial charge >= 0.3 is 0 Å². The van der Waals surface area contributed by atoms with Crippen LogP contribution in [0.25, 0.3) is 22.4 Å². The molecule has 0 unspecified atom stereocenters. The first kappa shape index (κ1) is 35.2. The maximum atomic E-state index is 13.2. The molecule has 5 aromatic rings. The molecular formula is C38H42N12O3. The second kappa shape index (κ2) is 15.6. The van der Waals surface area contributed by atoms with Gasteiger partial charge in [0.15, 0.2) is 12.4 Å². The molecule has 0 aliphatic carbocycles. The third kappa shape index (κ3) is 7.56. The molecule has 2 atom stereocenters. The molecule has 8 rings (SSSR count). The number of aryl methyl sites for hydroxylation is 1. The van der Waals surface area contributed by atoms with Crippen molar-refractivity contribution in [2.45, 2.75) is 38.8 Å². The molecule has 0 aromatic carbocycles. The monoisotopic (exact) mass is 714 g/mol. The number of nitriles is 2. The second-order valence-electron chi connectivity index (χ2n) is 13.4. The van der Waals surface area contributed by atoms with E-state index in [1.165, 1.54) is 0 Å². The summed E-state index contributed by atoms with van der Waals surface area (Å²) in [7, 11) is 0. The Hall–Kier alpha value is -6.19. The van der Waals surface area contributed by atoms with E-state index in [2.05, 4.69) is 37.6 Å². The van der Waals surface area contributed by atoms with Gasteiger partial charge in [0.1, 0.15) is 22.7 Å². The van der Waals surface area contributed by atoms with Crippen molar-refractivity contribution < 1.29 is 14.3 Å². The first-order chi connectivity index (χ1) is 25.8. The van der Waals surface area contributed by atoms with Crippen LogP contribution < -0.4 is 10.2 Å². The molecule has 2 amide bonds. The van der Waals surface area contributed by atoms with Crippen LogP contribution in [0.1, 0.15) is 46.4 Å². The maximum Gasteiger partial charge on any atom is 0.272 e. The fraction of sp³-hybridized carbons (Fsp3) is 0.395. The van der Waals surface area contributed by atoms with Crippen molar-refractivity contribution in [2.75, 3.05) is 63.9 Å². The quantitative estimate of drug-likeness (QED) is 0.247. The van der Waals surface area contributed by atoms with Crippen LogP contribution in [0.5, 0.6) is 0 Å². The summed E-state index contributed by atoms with van der Waals surface area (Å²) in [4.78, 5) is 46.3. The number of hydrogen-bond acceptors (Lipinski definition) is 11. The highest BCUT2D eigenvalue weighted by atomic mass is 16.5. The van der Waals surface area contributed by atoms with E-state index in [0.717, 1.165) is 72.9 Å². The normalized spacial score (nSPS) is 18.4. The van der Waals surface area contributed by atoms with Crippen LogP contribution in [-0.2, 0) is 4.74 Å². The Bertz CT molecular complexity index is 2190. The number of fused-ring (bicyclic) bond motifs is 2. The molecular weight excluding hydrogens is 672 g/mol. The number of nitrogens with one attached hydrogen (secondary N) is 1. The topological polar surface area (TPSA) is 163 Å². The summed E-state index contributed by atoms with van der Waals surface area (Å²) in [6, 6.07) is 12.0. The van der Waals surface area contributed by atoms with Crippen LogP contribution in [0.4, 0.5) is 5.69 Å². The van der Waals surface area contributed by atoms with Crippen LogP contribution in [-0.4, -0.2) is 121 Å². The SMILES string of the molecule is CCN(C(=O)c1cnc2cc(-c3ccnc(C)c3)ccn12)[C@@H]1CCN(C#N)C1.N#CN1CC[C@@H](NC(=O)c2cnc3cc(N4CCOCC4)ccn23)C1. The maximum absolute atomic E-state index is 13.2. The van der Waals surface area contributed by atoms with Gasteiger partial charge < -0.3 is 29.7 Å². The van der Waals surface area contributed by atoms with Crippen LogP contribution in [0, 0.1) is 29.8 Å².